The average Bonchev–Trinajstić information content (AvgIpc) is 2.51. The first kappa shape index (κ1) is 22.6. The molecule has 0 aromatic heterocycles. The van der Waals surface area contributed by atoms with E-state index in [4.69, 9.17) is 10.2 Å². The Bertz CT molecular complexity index is 595. The van der Waals surface area contributed by atoms with E-state index in [-0.39, 0.29) is 10.5 Å². The molecule has 0 saturated heterocycles. The molecule has 24 heavy (non-hydrogen) atoms. The van der Waals surface area contributed by atoms with Gasteiger partial charge in [0.1, 0.15) is 0 Å². The van der Waals surface area contributed by atoms with Gasteiger partial charge >= 0.3 is 5.97 Å². The topological polar surface area (TPSA) is 109 Å². The van der Waals surface area contributed by atoms with Crippen molar-refractivity contribution in [3.63, 3.8) is 0 Å². The van der Waals surface area contributed by atoms with E-state index in [1.54, 1.807) is 0 Å². The lowest BCUT2D eigenvalue weighted by Gasteiger charge is -2.06. The van der Waals surface area contributed by atoms with E-state index in [1.165, 1.54) is 50.6 Å². The van der Waals surface area contributed by atoms with Gasteiger partial charge in [-0.15, -0.1) is 0 Å². The van der Waals surface area contributed by atoms with Crippen molar-refractivity contribution in [1.82, 2.24) is 5.32 Å². The number of carboxylic acids is 1. The van der Waals surface area contributed by atoms with Crippen LogP contribution in [0, 0.1) is 0 Å². The van der Waals surface area contributed by atoms with Gasteiger partial charge in [0.25, 0.3) is 0 Å². The lowest BCUT2D eigenvalue weighted by Crippen LogP contribution is -2.15. The number of aryl methyl sites for hydroxylation is 1. The van der Waals surface area contributed by atoms with Crippen LogP contribution in [0.3, 0.4) is 0 Å². The van der Waals surface area contributed by atoms with Crippen LogP contribution in [0.15, 0.2) is 23.1 Å². The fraction of sp³-hybridized carbons (Fsp3) is 0.588. The molecule has 1 rings (SSSR count). The minimum atomic E-state index is -3.78. The molecule has 0 aliphatic rings. The number of hydrogen-bond donors (Lipinski definition) is 3. The number of unbranched alkanes of at least 4 members (excludes halogenated alkanes) is 1. The van der Waals surface area contributed by atoms with Gasteiger partial charge in [-0.05, 0) is 56.1 Å². The maximum absolute atomic E-state index is 11.1. The summed E-state index contributed by atoms with van der Waals surface area (Å²) in [5.41, 5.74) is 0.607. The molecule has 0 fully saturated rings. The van der Waals surface area contributed by atoms with Crippen LogP contribution in [0.5, 0.6) is 0 Å². The third kappa shape index (κ3) is 9.00. The third-order valence-corrected chi connectivity index (χ3v) is 4.20. The lowest BCUT2D eigenvalue weighted by atomic mass is 10.0. The number of hydrogen-bond acceptors (Lipinski definition) is 4. The Hall–Kier alpha value is -1.44. The smallest absolute Gasteiger partial charge is 0.335 e. The molecule has 0 saturated carbocycles. The van der Waals surface area contributed by atoms with Crippen molar-refractivity contribution in [2.75, 3.05) is 13.1 Å². The summed E-state index contributed by atoms with van der Waals surface area (Å²) in [5, 5.41) is 17.2. The lowest BCUT2D eigenvalue weighted by molar-refractivity contribution is 0.0695. The first-order chi connectivity index (χ1) is 11.3. The predicted octanol–water partition coefficient (Wildman–Crippen LogP) is 2.77. The van der Waals surface area contributed by atoms with E-state index >= 15 is 0 Å². The maximum atomic E-state index is 11.1. The molecule has 138 valence electrons. The van der Waals surface area contributed by atoms with Gasteiger partial charge in [-0.3, -0.25) is 0 Å². The van der Waals surface area contributed by atoms with Gasteiger partial charge in [-0.1, -0.05) is 33.6 Å². The van der Waals surface area contributed by atoms with Gasteiger partial charge in [0, 0.05) is 0 Å². The zero-order chi connectivity index (χ0) is 18.6. The average molecular weight is 359 g/mol. The summed E-state index contributed by atoms with van der Waals surface area (Å²) in [6, 6.07) is 3.80. The SMILES string of the molecule is CCCCNCCC.CCCc1cc(S(N)(=O)=O)ccc1C(=O)O. The van der Waals surface area contributed by atoms with Crippen LogP contribution in [0.25, 0.3) is 0 Å². The van der Waals surface area contributed by atoms with Crippen molar-refractivity contribution in [3.05, 3.63) is 29.3 Å². The van der Waals surface area contributed by atoms with E-state index in [2.05, 4.69) is 19.2 Å². The number of benzene rings is 1. The summed E-state index contributed by atoms with van der Waals surface area (Å²) >= 11 is 0. The molecule has 0 aliphatic heterocycles. The number of nitrogens with one attached hydrogen (secondary N) is 1. The quantitative estimate of drug-likeness (QED) is 0.588. The van der Waals surface area contributed by atoms with Crippen molar-refractivity contribution in [3.8, 4) is 0 Å². The number of sulfonamides is 1. The number of nitrogens with two attached hydrogens (primary N) is 1. The molecule has 0 aliphatic carbocycles. The Kier molecular flexibility index (Phi) is 11.3. The molecule has 0 unspecified atom stereocenters. The van der Waals surface area contributed by atoms with Gasteiger partial charge in [0.05, 0.1) is 10.5 Å². The second-order valence-corrected chi connectivity index (χ2v) is 7.08. The van der Waals surface area contributed by atoms with Crippen molar-refractivity contribution in [2.45, 2.75) is 57.8 Å². The van der Waals surface area contributed by atoms with Crippen molar-refractivity contribution in [2.24, 2.45) is 5.14 Å². The number of primary sulfonamides is 1. The molecule has 6 nitrogen and oxygen atoms in total. The number of carboxylic acid groups (broad SMARTS) is 1. The van der Waals surface area contributed by atoms with E-state index < -0.39 is 16.0 Å². The summed E-state index contributed by atoms with van der Waals surface area (Å²) in [7, 11) is -3.78. The van der Waals surface area contributed by atoms with Crippen LogP contribution in [-0.2, 0) is 16.4 Å². The predicted molar refractivity (Wildman–Crippen MR) is 96.8 cm³/mol. The molecular weight excluding hydrogens is 328 g/mol. The van der Waals surface area contributed by atoms with Crippen LogP contribution >= 0.6 is 0 Å². The minimum Gasteiger partial charge on any atom is -0.478 e. The van der Waals surface area contributed by atoms with Crippen LogP contribution in [0.1, 0.15) is 62.4 Å². The monoisotopic (exact) mass is 358 g/mol. The molecule has 0 bridgehead atoms. The molecule has 0 spiro atoms. The number of carbonyl (C=O) groups is 1. The third-order valence-electron chi connectivity index (χ3n) is 3.29. The zero-order valence-corrected chi connectivity index (χ0v) is 15.7. The fourth-order valence-electron chi connectivity index (χ4n) is 2.04. The number of rotatable bonds is 9. The summed E-state index contributed by atoms with van der Waals surface area (Å²) in [6.07, 6.45) is 5.11. The molecule has 0 radical (unpaired) electrons. The highest BCUT2D eigenvalue weighted by Gasteiger charge is 2.14. The first-order valence-electron chi connectivity index (χ1n) is 8.37. The molecule has 1 aromatic carbocycles. The maximum Gasteiger partial charge on any atom is 0.335 e. The summed E-state index contributed by atoms with van der Waals surface area (Å²) in [5.74, 6) is -1.07. The summed E-state index contributed by atoms with van der Waals surface area (Å²) in [6.45, 7) is 8.67. The van der Waals surface area contributed by atoms with Crippen LogP contribution in [-0.4, -0.2) is 32.6 Å². The summed E-state index contributed by atoms with van der Waals surface area (Å²) < 4.78 is 22.2. The Morgan fingerprint density at radius 1 is 1.12 bits per heavy atom. The highest BCUT2D eigenvalue weighted by atomic mass is 32.2. The minimum absolute atomic E-state index is 0.0547. The molecule has 7 heteroatoms. The van der Waals surface area contributed by atoms with Gasteiger partial charge in [0.15, 0.2) is 0 Å². The van der Waals surface area contributed by atoms with Gasteiger partial charge in [-0.25, -0.2) is 18.4 Å². The highest BCUT2D eigenvalue weighted by molar-refractivity contribution is 7.89. The second kappa shape index (κ2) is 12.0. The van der Waals surface area contributed by atoms with Crippen molar-refractivity contribution in [1.29, 1.82) is 0 Å². The molecule has 0 amide bonds. The zero-order valence-electron chi connectivity index (χ0n) is 14.8. The Balaban J connectivity index is 0.000000561. The largest absolute Gasteiger partial charge is 0.478 e. The van der Waals surface area contributed by atoms with Gasteiger partial charge in [-0.2, -0.15) is 0 Å². The van der Waals surface area contributed by atoms with Crippen LogP contribution < -0.4 is 10.5 Å². The highest BCUT2D eigenvalue weighted by Crippen LogP contribution is 2.17. The normalized spacial score (nSPS) is 10.8. The Morgan fingerprint density at radius 2 is 1.79 bits per heavy atom. The summed E-state index contributed by atoms with van der Waals surface area (Å²) in [4.78, 5) is 10.8. The van der Waals surface area contributed by atoms with Gasteiger partial charge < -0.3 is 10.4 Å². The second-order valence-electron chi connectivity index (χ2n) is 5.52. The standard InChI is InChI=1S/C10H13NO4S.C7H17N/c1-2-3-7-6-8(16(11,14)15)4-5-9(7)10(12)13;1-3-5-7-8-6-4-2/h4-6H,2-3H2,1H3,(H,12,13)(H2,11,14,15);8H,3-7H2,1-2H3. The molecule has 4 N–H and O–H groups in total. The number of aromatic carboxylic acids is 1. The van der Waals surface area contributed by atoms with E-state index in [9.17, 15) is 13.2 Å². The van der Waals surface area contributed by atoms with Crippen molar-refractivity contribution >= 4 is 16.0 Å². The van der Waals surface area contributed by atoms with E-state index in [0.717, 1.165) is 6.42 Å². The van der Waals surface area contributed by atoms with E-state index in [1.807, 2.05) is 6.92 Å². The molecular formula is C17H30N2O4S. The Morgan fingerprint density at radius 3 is 2.25 bits per heavy atom. The van der Waals surface area contributed by atoms with Crippen LogP contribution in [0.2, 0.25) is 0 Å². The molecule has 0 atom stereocenters. The van der Waals surface area contributed by atoms with Crippen molar-refractivity contribution < 1.29 is 18.3 Å². The van der Waals surface area contributed by atoms with Gasteiger partial charge in [0.2, 0.25) is 10.0 Å². The molecule has 1 aromatic rings. The Labute approximate surface area is 145 Å². The van der Waals surface area contributed by atoms with Crippen LogP contribution in [0.4, 0.5) is 0 Å². The first-order valence-corrected chi connectivity index (χ1v) is 9.92. The molecule has 0 heterocycles. The fourth-order valence-corrected chi connectivity index (χ4v) is 2.60. The van der Waals surface area contributed by atoms with E-state index in [0.29, 0.717) is 12.0 Å².